The van der Waals surface area contributed by atoms with Crippen LogP contribution >= 0.6 is 11.6 Å². The van der Waals surface area contributed by atoms with Gasteiger partial charge in [0.05, 0.1) is 6.07 Å². The minimum absolute atomic E-state index is 0.474. The number of halogens is 1. The molecular formula is C9H7ClN2. The molecule has 12 heavy (non-hydrogen) atoms. The van der Waals surface area contributed by atoms with Crippen molar-refractivity contribution in [2.24, 2.45) is 0 Å². The van der Waals surface area contributed by atoms with Crippen LogP contribution in [-0.4, -0.2) is 4.98 Å². The van der Waals surface area contributed by atoms with Gasteiger partial charge in [-0.25, -0.2) is 4.98 Å². The fraction of sp³-hybridized carbons (Fsp3) is 0.111. The number of nitrogens with zero attached hydrogens (tertiary/aromatic N) is 2. The van der Waals surface area contributed by atoms with Gasteiger partial charge in [0.2, 0.25) is 0 Å². The summed E-state index contributed by atoms with van der Waals surface area (Å²) in [5.41, 5.74) is 1.93. The predicted octanol–water partition coefficient (Wildman–Crippen LogP) is 2.58. The fourth-order valence-corrected chi connectivity index (χ4v) is 1.05. The van der Waals surface area contributed by atoms with Gasteiger partial charge in [0.15, 0.2) is 0 Å². The monoisotopic (exact) mass is 178 g/mol. The Hall–Kier alpha value is -1.33. The van der Waals surface area contributed by atoms with Gasteiger partial charge in [-0.15, -0.1) is 0 Å². The van der Waals surface area contributed by atoms with E-state index in [1.54, 1.807) is 18.3 Å². The molecule has 0 atom stereocenters. The summed E-state index contributed by atoms with van der Waals surface area (Å²) in [5.74, 6) is 0. The van der Waals surface area contributed by atoms with Crippen molar-refractivity contribution in [1.82, 2.24) is 4.98 Å². The number of rotatable bonds is 1. The van der Waals surface area contributed by atoms with Crippen molar-refractivity contribution in [3.63, 3.8) is 0 Å². The second-order valence-electron chi connectivity index (χ2n) is 2.33. The normalized spacial score (nSPS) is 10.1. The van der Waals surface area contributed by atoms with Crippen LogP contribution in [0.3, 0.4) is 0 Å². The molecule has 0 fully saturated rings. The Bertz CT molecular complexity index is 350. The van der Waals surface area contributed by atoms with Gasteiger partial charge in [-0.3, -0.25) is 0 Å². The second-order valence-corrected chi connectivity index (χ2v) is 2.71. The highest BCUT2D eigenvalue weighted by Gasteiger charge is 1.95. The number of aryl methyl sites for hydroxylation is 1. The topological polar surface area (TPSA) is 36.7 Å². The van der Waals surface area contributed by atoms with Crippen LogP contribution in [0.1, 0.15) is 11.1 Å². The summed E-state index contributed by atoms with van der Waals surface area (Å²) >= 11 is 5.65. The summed E-state index contributed by atoms with van der Waals surface area (Å²) in [4.78, 5) is 3.90. The molecule has 0 spiro atoms. The minimum Gasteiger partial charge on any atom is -0.244 e. The van der Waals surface area contributed by atoms with E-state index >= 15 is 0 Å². The van der Waals surface area contributed by atoms with Gasteiger partial charge < -0.3 is 0 Å². The fourth-order valence-electron chi connectivity index (χ4n) is 0.834. The Morgan fingerprint density at radius 2 is 2.42 bits per heavy atom. The largest absolute Gasteiger partial charge is 0.244 e. The summed E-state index contributed by atoms with van der Waals surface area (Å²) in [6.45, 7) is 1.92. The third-order valence-corrected chi connectivity index (χ3v) is 1.66. The highest BCUT2D eigenvalue weighted by atomic mass is 35.5. The van der Waals surface area contributed by atoms with E-state index < -0.39 is 0 Å². The van der Waals surface area contributed by atoms with E-state index in [-0.39, 0.29) is 0 Å². The Morgan fingerprint density at radius 1 is 1.67 bits per heavy atom. The zero-order valence-corrected chi connectivity index (χ0v) is 7.34. The highest BCUT2D eigenvalue weighted by Crippen LogP contribution is 2.12. The molecule has 2 nitrogen and oxygen atoms in total. The quantitative estimate of drug-likeness (QED) is 0.490. The van der Waals surface area contributed by atoms with Crippen LogP contribution in [0, 0.1) is 18.3 Å². The molecule has 0 bridgehead atoms. The lowest BCUT2D eigenvalue weighted by atomic mass is 10.1. The maximum absolute atomic E-state index is 8.29. The molecule has 0 amide bonds. The Morgan fingerprint density at radius 3 is 3.00 bits per heavy atom. The van der Waals surface area contributed by atoms with E-state index in [9.17, 15) is 0 Å². The number of pyridine rings is 1. The van der Waals surface area contributed by atoms with Gasteiger partial charge in [-0.1, -0.05) is 11.6 Å². The molecule has 60 valence electrons. The van der Waals surface area contributed by atoms with Crippen molar-refractivity contribution in [1.29, 1.82) is 5.26 Å². The average molecular weight is 179 g/mol. The smallest absolute Gasteiger partial charge is 0.129 e. The van der Waals surface area contributed by atoms with Crippen LogP contribution in [0.5, 0.6) is 0 Å². The standard InChI is InChI=1S/C9H7ClN2/c1-7-5-9(10)12-6-8(7)3-2-4-11/h2-3,5-6H,1H3. The SMILES string of the molecule is Cc1cc(Cl)ncc1C=CC#N. The Labute approximate surface area is 76.1 Å². The highest BCUT2D eigenvalue weighted by molar-refractivity contribution is 6.29. The molecule has 1 aromatic rings. The van der Waals surface area contributed by atoms with Gasteiger partial charge in [0.1, 0.15) is 5.15 Å². The molecule has 0 saturated carbocycles. The molecule has 0 aliphatic rings. The van der Waals surface area contributed by atoms with Gasteiger partial charge in [0.25, 0.3) is 0 Å². The number of aromatic nitrogens is 1. The number of hydrogen-bond donors (Lipinski definition) is 0. The Balaban J connectivity index is 3.03. The van der Waals surface area contributed by atoms with Crippen LogP contribution < -0.4 is 0 Å². The molecule has 1 heterocycles. The lowest BCUT2D eigenvalue weighted by Crippen LogP contribution is -1.83. The van der Waals surface area contributed by atoms with Crippen LogP contribution in [0.2, 0.25) is 5.15 Å². The van der Waals surface area contributed by atoms with Gasteiger partial charge >= 0.3 is 0 Å². The van der Waals surface area contributed by atoms with Gasteiger partial charge in [0, 0.05) is 12.3 Å². The number of nitriles is 1. The Kier molecular flexibility index (Phi) is 2.84. The van der Waals surface area contributed by atoms with E-state index in [4.69, 9.17) is 16.9 Å². The number of hydrogen-bond acceptors (Lipinski definition) is 2. The van der Waals surface area contributed by atoms with Gasteiger partial charge in [-0.05, 0) is 30.2 Å². The maximum Gasteiger partial charge on any atom is 0.129 e. The summed E-state index contributed by atoms with van der Waals surface area (Å²) < 4.78 is 0. The summed E-state index contributed by atoms with van der Waals surface area (Å²) in [6, 6.07) is 3.68. The van der Waals surface area contributed by atoms with E-state index in [2.05, 4.69) is 4.98 Å². The first-order chi connectivity index (χ1) is 5.74. The van der Waals surface area contributed by atoms with Crippen molar-refractivity contribution in [2.45, 2.75) is 6.92 Å². The van der Waals surface area contributed by atoms with E-state index in [1.165, 1.54) is 6.08 Å². The summed E-state index contributed by atoms with van der Waals surface area (Å²) in [5, 5.41) is 8.76. The van der Waals surface area contributed by atoms with Crippen LogP contribution in [0.25, 0.3) is 6.08 Å². The van der Waals surface area contributed by atoms with E-state index in [1.807, 2.05) is 13.0 Å². The first kappa shape index (κ1) is 8.76. The van der Waals surface area contributed by atoms with Crippen molar-refractivity contribution in [2.75, 3.05) is 0 Å². The van der Waals surface area contributed by atoms with Crippen LogP contribution in [0.4, 0.5) is 0 Å². The predicted molar refractivity (Wildman–Crippen MR) is 48.6 cm³/mol. The minimum atomic E-state index is 0.474. The molecule has 3 heteroatoms. The van der Waals surface area contributed by atoms with Crippen LogP contribution in [-0.2, 0) is 0 Å². The lowest BCUT2D eigenvalue weighted by molar-refractivity contribution is 1.27. The average Bonchev–Trinajstić information content (AvgIpc) is 2.03. The molecule has 0 saturated heterocycles. The van der Waals surface area contributed by atoms with Crippen LogP contribution in [0.15, 0.2) is 18.3 Å². The third-order valence-electron chi connectivity index (χ3n) is 1.46. The third kappa shape index (κ3) is 2.08. The maximum atomic E-state index is 8.29. The first-order valence-electron chi connectivity index (χ1n) is 3.42. The molecule has 0 aliphatic carbocycles. The molecule has 0 aromatic carbocycles. The van der Waals surface area contributed by atoms with Crippen molar-refractivity contribution in [3.8, 4) is 6.07 Å². The van der Waals surface area contributed by atoms with E-state index in [0.717, 1.165) is 11.1 Å². The zero-order valence-electron chi connectivity index (χ0n) is 6.58. The summed E-state index contributed by atoms with van der Waals surface area (Å²) in [7, 11) is 0. The summed E-state index contributed by atoms with van der Waals surface area (Å²) in [6.07, 6.45) is 4.77. The van der Waals surface area contributed by atoms with Gasteiger partial charge in [-0.2, -0.15) is 5.26 Å². The molecule has 1 rings (SSSR count). The molecular weight excluding hydrogens is 172 g/mol. The van der Waals surface area contributed by atoms with E-state index in [0.29, 0.717) is 5.15 Å². The molecule has 0 aliphatic heterocycles. The number of allylic oxidation sites excluding steroid dienone is 1. The van der Waals surface area contributed by atoms with Crippen molar-refractivity contribution < 1.29 is 0 Å². The van der Waals surface area contributed by atoms with Crippen molar-refractivity contribution in [3.05, 3.63) is 34.6 Å². The molecule has 0 N–H and O–H groups in total. The second kappa shape index (κ2) is 3.89. The molecule has 0 unspecified atom stereocenters. The lowest BCUT2D eigenvalue weighted by Gasteiger charge is -1.97. The molecule has 1 aromatic heterocycles. The first-order valence-corrected chi connectivity index (χ1v) is 3.80. The van der Waals surface area contributed by atoms with Crippen molar-refractivity contribution >= 4 is 17.7 Å². The zero-order chi connectivity index (χ0) is 8.97. The molecule has 0 radical (unpaired) electrons.